The Morgan fingerprint density at radius 1 is 1.22 bits per heavy atom. The van der Waals surface area contributed by atoms with Crippen molar-refractivity contribution in [1.29, 1.82) is 5.26 Å². The quantitative estimate of drug-likeness (QED) is 0.699. The van der Waals surface area contributed by atoms with E-state index in [2.05, 4.69) is 6.07 Å². The van der Waals surface area contributed by atoms with Crippen molar-refractivity contribution < 1.29 is 0 Å². The van der Waals surface area contributed by atoms with Crippen molar-refractivity contribution in [2.24, 2.45) is 0 Å². The van der Waals surface area contributed by atoms with E-state index in [0.717, 1.165) is 40.9 Å². The number of hydrogen-bond donors (Lipinski definition) is 0. The van der Waals surface area contributed by atoms with Crippen molar-refractivity contribution in [1.82, 2.24) is 14.5 Å². The highest BCUT2D eigenvalue weighted by Crippen LogP contribution is 2.33. The van der Waals surface area contributed by atoms with Crippen LogP contribution in [0.1, 0.15) is 40.2 Å². The fraction of sp³-hybridized carbons (Fsp3) is 0.381. The van der Waals surface area contributed by atoms with Gasteiger partial charge in [0, 0.05) is 4.88 Å². The molecular formula is C21H22N4OS. The second-order valence-electron chi connectivity index (χ2n) is 7.36. The summed E-state index contributed by atoms with van der Waals surface area (Å²) in [6.45, 7) is 1.09. The predicted molar refractivity (Wildman–Crippen MR) is 108 cm³/mol. The van der Waals surface area contributed by atoms with Crippen LogP contribution in [0.5, 0.6) is 0 Å². The van der Waals surface area contributed by atoms with E-state index in [-0.39, 0.29) is 5.56 Å². The molecule has 5 nitrogen and oxygen atoms in total. The minimum atomic E-state index is 0.0700. The van der Waals surface area contributed by atoms with Crippen LogP contribution >= 0.6 is 11.3 Å². The molecule has 1 aliphatic carbocycles. The summed E-state index contributed by atoms with van der Waals surface area (Å²) in [4.78, 5) is 22.6. The number of nitriles is 1. The zero-order chi connectivity index (χ0) is 19.0. The molecule has 0 unspecified atom stereocenters. The Kier molecular flexibility index (Phi) is 4.81. The maximum atomic E-state index is 13.5. The van der Waals surface area contributed by atoms with E-state index < -0.39 is 0 Å². The first-order chi connectivity index (χ1) is 13.1. The van der Waals surface area contributed by atoms with E-state index >= 15 is 0 Å². The Labute approximate surface area is 162 Å². The Hall–Kier alpha value is -2.49. The Morgan fingerprint density at radius 3 is 2.67 bits per heavy atom. The summed E-state index contributed by atoms with van der Waals surface area (Å²) in [5, 5.41) is 9.82. The van der Waals surface area contributed by atoms with Gasteiger partial charge in [-0.2, -0.15) is 5.26 Å². The lowest BCUT2D eigenvalue weighted by Crippen LogP contribution is -2.29. The zero-order valence-corrected chi connectivity index (χ0v) is 16.5. The Balaban J connectivity index is 1.86. The van der Waals surface area contributed by atoms with Crippen LogP contribution in [0.25, 0.3) is 10.2 Å². The second kappa shape index (κ2) is 7.26. The maximum Gasteiger partial charge on any atom is 0.262 e. The highest BCUT2D eigenvalue weighted by molar-refractivity contribution is 7.18. The second-order valence-corrected chi connectivity index (χ2v) is 8.44. The number of aryl methyl sites for hydroxylation is 2. The Bertz CT molecular complexity index is 1090. The number of fused-ring (bicyclic) bond motifs is 3. The van der Waals surface area contributed by atoms with Crippen molar-refractivity contribution in [2.75, 3.05) is 14.1 Å². The van der Waals surface area contributed by atoms with Crippen molar-refractivity contribution in [3.63, 3.8) is 0 Å². The molecule has 3 aromatic rings. The van der Waals surface area contributed by atoms with Crippen LogP contribution in [0, 0.1) is 11.3 Å². The van der Waals surface area contributed by atoms with Gasteiger partial charge in [0.2, 0.25) is 0 Å². The van der Waals surface area contributed by atoms with E-state index in [9.17, 15) is 4.79 Å². The minimum absolute atomic E-state index is 0.0700. The van der Waals surface area contributed by atoms with Crippen molar-refractivity contribution >= 4 is 21.6 Å². The molecule has 0 saturated carbocycles. The molecule has 27 heavy (non-hydrogen) atoms. The smallest absolute Gasteiger partial charge is 0.262 e. The zero-order valence-electron chi connectivity index (χ0n) is 15.7. The molecular weight excluding hydrogens is 356 g/mol. The molecule has 6 heteroatoms. The van der Waals surface area contributed by atoms with Gasteiger partial charge in [0.05, 0.1) is 30.1 Å². The van der Waals surface area contributed by atoms with Gasteiger partial charge >= 0.3 is 0 Å². The molecule has 0 bridgehead atoms. The fourth-order valence-corrected chi connectivity index (χ4v) is 4.99. The standard InChI is InChI=1S/C21H22N4OS/c1-24(2)13-18-23-20-19(16-5-3-4-6-17(16)27-20)21(26)25(18)12-15-9-7-14(11-22)8-10-15/h7-10H,3-6,12-13H2,1-2H3. The van der Waals surface area contributed by atoms with Gasteiger partial charge in [0.15, 0.2) is 0 Å². The largest absolute Gasteiger partial charge is 0.302 e. The van der Waals surface area contributed by atoms with Gasteiger partial charge in [0.1, 0.15) is 10.7 Å². The van der Waals surface area contributed by atoms with E-state index in [1.54, 1.807) is 23.5 Å². The summed E-state index contributed by atoms with van der Waals surface area (Å²) in [7, 11) is 3.98. The number of hydrogen-bond acceptors (Lipinski definition) is 5. The average molecular weight is 379 g/mol. The normalized spacial score (nSPS) is 13.7. The first-order valence-electron chi connectivity index (χ1n) is 9.24. The molecule has 0 amide bonds. The summed E-state index contributed by atoms with van der Waals surface area (Å²) in [5.74, 6) is 0.792. The molecule has 0 saturated heterocycles. The number of benzene rings is 1. The van der Waals surface area contributed by atoms with E-state index in [1.165, 1.54) is 16.9 Å². The van der Waals surface area contributed by atoms with Gasteiger partial charge in [-0.15, -0.1) is 11.3 Å². The number of rotatable bonds is 4. The molecule has 0 fully saturated rings. The van der Waals surface area contributed by atoms with Crippen molar-refractivity contribution in [3.05, 3.63) is 62.0 Å². The summed E-state index contributed by atoms with van der Waals surface area (Å²) in [6.07, 6.45) is 4.39. The molecule has 2 heterocycles. The van der Waals surface area contributed by atoms with Gasteiger partial charge < -0.3 is 4.90 Å². The van der Waals surface area contributed by atoms with Gasteiger partial charge in [-0.3, -0.25) is 9.36 Å². The summed E-state index contributed by atoms with van der Waals surface area (Å²) in [6, 6.07) is 9.56. The highest BCUT2D eigenvalue weighted by Gasteiger charge is 2.22. The van der Waals surface area contributed by atoms with Crippen LogP contribution in [0.4, 0.5) is 0 Å². The van der Waals surface area contributed by atoms with Crippen LogP contribution in [0.15, 0.2) is 29.1 Å². The molecule has 0 aliphatic heterocycles. The summed E-state index contributed by atoms with van der Waals surface area (Å²) < 4.78 is 1.81. The third kappa shape index (κ3) is 3.41. The number of thiophene rings is 1. The van der Waals surface area contributed by atoms with E-state index in [0.29, 0.717) is 18.7 Å². The average Bonchev–Trinajstić information content (AvgIpc) is 3.03. The van der Waals surface area contributed by atoms with Crippen LogP contribution < -0.4 is 5.56 Å². The van der Waals surface area contributed by atoms with Crippen LogP contribution in [0.3, 0.4) is 0 Å². The van der Waals surface area contributed by atoms with Crippen molar-refractivity contribution in [3.8, 4) is 6.07 Å². The SMILES string of the molecule is CN(C)Cc1nc2sc3c(c2c(=O)n1Cc1ccc(C#N)cc1)CCCC3. The lowest BCUT2D eigenvalue weighted by Gasteiger charge is -2.16. The van der Waals surface area contributed by atoms with Gasteiger partial charge in [0.25, 0.3) is 5.56 Å². The van der Waals surface area contributed by atoms with Crippen molar-refractivity contribution in [2.45, 2.75) is 38.8 Å². The van der Waals surface area contributed by atoms with Crippen LogP contribution in [-0.4, -0.2) is 28.5 Å². The molecule has 0 radical (unpaired) electrons. The fourth-order valence-electron chi connectivity index (χ4n) is 3.71. The van der Waals surface area contributed by atoms with E-state index in [1.807, 2.05) is 35.7 Å². The van der Waals surface area contributed by atoms with Gasteiger partial charge in [-0.05, 0) is 63.0 Å². The molecule has 138 valence electrons. The molecule has 4 rings (SSSR count). The van der Waals surface area contributed by atoms with Gasteiger partial charge in [-0.1, -0.05) is 12.1 Å². The maximum absolute atomic E-state index is 13.5. The molecule has 1 aromatic carbocycles. The van der Waals surface area contributed by atoms with Crippen LogP contribution in [-0.2, 0) is 25.9 Å². The number of nitrogens with zero attached hydrogens (tertiary/aromatic N) is 4. The first kappa shape index (κ1) is 17.9. The first-order valence-corrected chi connectivity index (χ1v) is 10.1. The van der Waals surface area contributed by atoms with Crippen LogP contribution in [0.2, 0.25) is 0 Å². The minimum Gasteiger partial charge on any atom is -0.302 e. The Morgan fingerprint density at radius 2 is 1.96 bits per heavy atom. The third-order valence-corrected chi connectivity index (χ3v) is 6.22. The highest BCUT2D eigenvalue weighted by atomic mass is 32.1. The number of aromatic nitrogens is 2. The third-order valence-electron chi connectivity index (χ3n) is 5.04. The lowest BCUT2D eigenvalue weighted by molar-refractivity contribution is 0.379. The summed E-state index contributed by atoms with van der Waals surface area (Å²) in [5.41, 5.74) is 2.92. The van der Waals surface area contributed by atoms with Gasteiger partial charge in [-0.25, -0.2) is 4.98 Å². The topological polar surface area (TPSA) is 61.9 Å². The molecule has 0 spiro atoms. The monoisotopic (exact) mass is 378 g/mol. The molecule has 0 atom stereocenters. The molecule has 1 aliphatic rings. The summed E-state index contributed by atoms with van der Waals surface area (Å²) >= 11 is 1.70. The molecule has 0 N–H and O–H groups in total. The molecule has 2 aromatic heterocycles. The van der Waals surface area contributed by atoms with E-state index in [4.69, 9.17) is 10.2 Å². The predicted octanol–water partition coefficient (Wildman–Crippen LogP) is 3.32. The lowest BCUT2D eigenvalue weighted by atomic mass is 9.97.